The summed E-state index contributed by atoms with van der Waals surface area (Å²) in [6, 6.07) is 0.802. The van der Waals surface area contributed by atoms with Crippen LogP contribution in [0.1, 0.15) is 33.6 Å². The van der Waals surface area contributed by atoms with Crippen LogP contribution in [0.5, 0.6) is 0 Å². The molecule has 0 aromatic heterocycles. The predicted molar refractivity (Wildman–Crippen MR) is 60.6 cm³/mol. The predicted octanol–water partition coefficient (Wildman–Crippen LogP) is 1.34. The van der Waals surface area contributed by atoms with Gasteiger partial charge in [0.1, 0.15) is 0 Å². The Kier molecular flexibility index (Phi) is 2.53. The molecule has 3 nitrogen and oxygen atoms in total. The number of piperidine rings is 1. The molecule has 0 N–H and O–H groups in total. The molecule has 0 radical (unpaired) electrons. The monoisotopic (exact) mass is 210 g/mol. The van der Waals surface area contributed by atoms with Gasteiger partial charge in [-0.1, -0.05) is 0 Å². The highest BCUT2D eigenvalue weighted by Crippen LogP contribution is 2.47. The minimum atomic E-state index is -0.00319. The molecule has 0 bridgehead atoms. The van der Waals surface area contributed by atoms with Gasteiger partial charge < -0.3 is 9.80 Å². The van der Waals surface area contributed by atoms with Crippen LogP contribution in [0, 0.1) is 5.41 Å². The molecule has 2 fully saturated rings. The fourth-order valence-corrected chi connectivity index (χ4v) is 3.14. The number of hydrogen-bond donors (Lipinski definition) is 0. The molecule has 0 aromatic rings. The van der Waals surface area contributed by atoms with Gasteiger partial charge in [0.15, 0.2) is 0 Å². The summed E-state index contributed by atoms with van der Waals surface area (Å²) in [5.41, 5.74) is -0.00319. The van der Waals surface area contributed by atoms with Crippen LogP contribution < -0.4 is 0 Å². The van der Waals surface area contributed by atoms with Gasteiger partial charge in [0.2, 0.25) is 5.91 Å². The van der Waals surface area contributed by atoms with E-state index in [2.05, 4.69) is 32.7 Å². The second kappa shape index (κ2) is 3.48. The zero-order chi connectivity index (χ0) is 11.2. The Bertz CT molecular complexity index is 267. The number of carbonyl (C=O) groups is 1. The van der Waals surface area contributed by atoms with Crippen molar-refractivity contribution in [2.45, 2.75) is 45.7 Å². The lowest BCUT2D eigenvalue weighted by Crippen LogP contribution is -2.71. The summed E-state index contributed by atoms with van der Waals surface area (Å²) in [6.45, 7) is 8.57. The third-order valence-corrected chi connectivity index (χ3v) is 4.31. The molecule has 2 aliphatic heterocycles. The van der Waals surface area contributed by atoms with Crippen molar-refractivity contribution in [2.24, 2.45) is 5.41 Å². The molecule has 2 saturated heterocycles. The number of amides is 1. The quantitative estimate of drug-likeness (QED) is 0.610. The van der Waals surface area contributed by atoms with E-state index < -0.39 is 0 Å². The molecule has 1 spiro atoms. The van der Waals surface area contributed by atoms with Gasteiger partial charge in [-0.25, -0.2) is 0 Å². The summed E-state index contributed by atoms with van der Waals surface area (Å²) in [6.07, 6.45) is 2.10. The molecule has 2 heterocycles. The van der Waals surface area contributed by atoms with E-state index in [9.17, 15) is 4.79 Å². The van der Waals surface area contributed by atoms with Crippen LogP contribution in [-0.4, -0.2) is 47.9 Å². The fraction of sp³-hybridized carbons (Fsp3) is 0.917. The molecular weight excluding hydrogens is 188 g/mol. The van der Waals surface area contributed by atoms with Gasteiger partial charge in [-0.3, -0.25) is 4.79 Å². The van der Waals surface area contributed by atoms with Gasteiger partial charge in [-0.15, -0.1) is 0 Å². The molecule has 2 aliphatic rings. The van der Waals surface area contributed by atoms with Crippen molar-refractivity contribution in [2.75, 3.05) is 20.1 Å². The molecule has 2 rings (SSSR count). The van der Waals surface area contributed by atoms with E-state index in [-0.39, 0.29) is 5.41 Å². The van der Waals surface area contributed by atoms with E-state index >= 15 is 0 Å². The van der Waals surface area contributed by atoms with Crippen molar-refractivity contribution in [3.63, 3.8) is 0 Å². The van der Waals surface area contributed by atoms with Gasteiger partial charge in [0.05, 0.1) is 5.41 Å². The summed E-state index contributed by atoms with van der Waals surface area (Å²) in [4.78, 5) is 16.6. The number of nitrogens with zero attached hydrogens (tertiary/aromatic N) is 2. The number of carbonyl (C=O) groups excluding carboxylic acids is 1. The van der Waals surface area contributed by atoms with Gasteiger partial charge in [0.25, 0.3) is 0 Å². The second-order valence-electron chi connectivity index (χ2n) is 5.44. The van der Waals surface area contributed by atoms with E-state index in [1.165, 1.54) is 0 Å². The standard InChI is InChI=1S/C12H22N2O/c1-9(2)14-10(3)12(11(14)15)5-7-13(4)8-6-12/h9-10H,5-8H2,1-4H3. The highest BCUT2D eigenvalue weighted by Gasteiger charge is 2.58. The molecule has 15 heavy (non-hydrogen) atoms. The zero-order valence-corrected chi connectivity index (χ0v) is 10.3. The van der Waals surface area contributed by atoms with Crippen LogP contribution in [0.3, 0.4) is 0 Å². The minimum Gasteiger partial charge on any atom is -0.336 e. The smallest absolute Gasteiger partial charge is 0.231 e. The lowest BCUT2D eigenvalue weighted by atomic mass is 9.64. The first-order chi connectivity index (χ1) is 6.99. The van der Waals surface area contributed by atoms with Crippen LogP contribution in [-0.2, 0) is 4.79 Å². The first-order valence-electron chi connectivity index (χ1n) is 6.00. The highest BCUT2D eigenvalue weighted by molar-refractivity contribution is 5.90. The van der Waals surface area contributed by atoms with Crippen LogP contribution in [0.25, 0.3) is 0 Å². The normalized spacial score (nSPS) is 31.1. The van der Waals surface area contributed by atoms with Crippen molar-refractivity contribution in [3.8, 4) is 0 Å². The number of likely N-dealkylation sites (tertiary alicyclic amines) is 2. The Balaban J connectivity index is 2.09. The molecular formula is C12H22N2O. The fourth-order valence-electron chi connectivity index (χ4n) is 3.14. The Morgan fingerprint density at radius 1 is 1.33 bits per heavy atom. The Morgan fingerprint density at radius 3 is 2.27 bits per heavy atom. The van der Waals surface area contributed by atoms with E-state index in [1.807, 2.05) is 4.90 Å². The lowest BCUT2D eigenvalue weighted by Gasteiger charge is -2.59. The summed E-state index contributed by atoms with van der Waals surface area (Å²) < 4.78 is 0. The summed E-state index contributed by atoms with van der Waals surface area (Å²) in [7, 11) is 2.14. The molecule has 0 aromatic carbocycles. The lowest BCUT2D eigenvalue weighted by molar-refractivity contribution is -0.180. The number of rotatable bonds is 1. The summed E-state index contributed by atoms with van der Waals surface area (Å²) in [5, 5.41) is 0. The maximum absolute atomic E-state index is 12.2. The maximum atomic E-state index is 12.2. The first-order valence-corrected chi connectivity index (χ1v) is 6.00. The Morgan fingerprint density at radius 2 is 1.87 bits per heavy atom. The van der Waals surface area contributed by atoms with Crippen molar-refractivity contribution in [1.82, 2.24) is 9.80 Å². The van der Waals surface area contributed by atoms with Crippen molar-refractivity contribution in [3.05, 3.63) is 0 Å². The molecule has 1 unspecified atom stereocenters. The molecule has 0 saturated carbocycles. The average Bonchev–Trinajstić information content (AvgIpc) is 2.18. The Hall–Kier alpha value is -0.570. The van der Waals surface area contributed by atoms with Crippen LogP contribution in [0.4, 0.5) is 0 Å². The van der Waals surface area contributed by atoms with E-state index in [0.29, 0.717) is 18.0 Å². The maximum Gasteiger partial charge on any atom is 0.231 e. The van der Waals surface area contributed by atoms with E-state index in [4.69, 9.17) is 0 Å². The van der Waals surface area contributed by atoms with E-state index in [1.54, 1.807) is 0 Å². The molecule has 1 amide bonds. The van der Waals surface area contributed by atoms with Gasteiger partial charge >= 0.3 is 0 Å². The average molecular weight is 210 g/mol. The third-order valence-electron chi connectivity index (χ3n) is 4.31. The minimum absolute atomic E-state index is 0.00319. The first kappa shape index (κ1) is 10.9. The van der Waals surface area contributed by atoms with Gasteiger partial charge in [-0.05, 0) is 53.8 Å². The van der Waals surface area contributed by atoms with Crippen LogP contribution in [0.2, 0.25) is 0 Å². The molecule has 86 valence electrons. The number of β-lactam (4-membered cyclic amide) rings is 1. The highest BCUT2D eigenvalue weighted by atomic mass is 16.2. The molecule has 3 heteroatoms. The Labute approximate surface area is 92.4 Å². The largest absolute Gasteiger partial charge is 0.336 e. The number of hydrogen-bond acceptors (Lipinski definition) is 2. The van der Waals surface area contributed by atoms with Crippen molar-refractivity contribution in [1.29, 1.82) is 0 Å². The molecule has 1 atom stereocenters. The van der Waals surface area contributed by atoms with Gasteiger partial charge in [-0.2, -0.15) is 0 Å². The summed E-state index contributed by atoms with van der Waals surface area (Å²) >= 11 is 0. The van der Waals surface area contributed by atoms with Crippen molar-refractivity contribution >= 4 is 5.91 Å². The topological polar surface area (TPSA) is 23.6 Å². The van der Waals surface area contributed by atoms with Crippen LogP contribution >= 0.6 is 0 Å². The van der Waals surface area contributed by atoms with Crippen molar-refractivity contribution < 1.29 is 4.79 Å². The zero-order valence-electron chi connectivity index (χ0n) is 10.3. The third kappa shape index (κ3) is 1.40. The SMILES string of the molecule is CC(C)N1C(=O)C2(CCN(C)CC2)C1C. The summed E-state index contributed by atoms with van der Waals surface area (Å²) in [5.74, 6) is 0.401. The van der Waals surface area contributed by atoms with Gasteiger partial charge in [0, 0.05) is 12.1 Å². The van der Waals surface area contributed by atoms with Crippen LogP contribution in [0.15, 0.2) is 0 Å². The van der Waals surface area contributed by atoms with E-state index in [0.717, 1.165) is 25.9 Å². The second-order valence-corrected chi connectivity index (χ2v) is 5.44. The molecule has 0 aliphatic carbocycles.